The van der Waals surface area contributed by atoms with Gasteiger partial charge >= 0.3 is 10.2 Å². The predicted molar refractivity (Wildman–Crippen MR) is 109 cm³/mol. The molecule has 1 aromatic carbocycles. The maximum atomic E-state index is 12.9. The Morgan fingerprint density at radius 3 is 2.41 bits per heavy atom. The van der Waals surface area contributed by atoms with Crippen LogP contribution >= 0.6 is 37.2 Å². The highest BCUT2D eigenvalue weighted by Crippen LogP contribution is 2.20. The zero-order valence-electron chi connectivity index (χ0n) is 14.6. The van der Waals surface area contributed by atoms with Gasteiger partial charge < -0.3 is 5.32 Å². The highest BCUT2D eigenvalue weighted by Gasteiger charge is 2.20. The van der Waals surface area contributed by atoms with E-state index in [1.54, 1.807) is 4.68 Å². The highest BCUT2D eigenvalue weighted by atomic mass is 35.5. The van der Waals surface area contributed by atoms with Crippen LogP contribution in [-0.2, 0) is 10.2 Å². The van der Waals surface area contributed by atoms with E-state index < -0.39 is 10.2 Å². The van der Waals surface area contributed by atoms with Crippen molar-refractivity contribution in [3.63, 3.8) is 0 Å². The molecule has 0 aliphatic carbocycles. The number of rotatable bonds is 4. The van der Waals surface area contributed by atoms with Crippen LogP contribution in [-0.4, -0.2) is 54.5 Å². The molecule has 1 aromatic heterocycles. The lowest BCUT2D eigenvalue weighted by molar-refractivity contribution is 0.221. The molecule has 1 N–H and O–H groups in total. The monoisotopic (exact) mass is 461 g/mol. The molecule has 0 amide bonds. The van der Waals surface area contributed by atoms with Crippen LogP contribution in [0, 0.1) is 0 Å². The molecule has 2 aromatic rings. The lowest BCUT2D eigenvalue weighted by Gasteiger charge is -2.25. The molecule has 12 heteroatoms. The summed E-state index contributed by atoms with van der Waals surface area (Å²) in [5.74, 6) is 0. The molecule has 1 saturated heterocycles. The summed E-state index contributed by atoms with van der Waals surface area (Å²) >= 11 is 0. The molecule has 154 valence electrons. The van der Waals surface area contributed by atoms with Crippen molar-refractivity contribution in [2.24, 2.45) is 0 Å². The third kappa shape index (κ3) is 6.55. The molecular weight excluding hydrogens is 440 g/mol. The number of benzene rings is 1. The van der Waals surface area contributed by atoms with E-state index in [2.05, 4.69) is 27.5 Å². The summed E-state index contributed by atoms with van der Waals surface area (Å²) in [5.41, 5.74) is 1.48. The lowest BCUT2D eigenvalue weighted by atomic mass is 10.2. The molecular formula is C15H23Cl3FN5O2S. The molecule has 1 fully saturated rings. The minimum atomic E-state index is -4.69. The molecule has 2 heterocycles. The average Bonchev–Trinajstić information content (AvgIpc) is 2.89. The van der Waals surface area contributed by atoms with Crippen molar-refractivity contribution in [1.82, 2.24) is 25.2 Å². The van der Waals surface area contributed by atoms with Crippen LogP contribution in [0.5, 0.6) is 0 Å². The highest BCUT2D eigenvalue weighted by molar-refractivity contribution is 7.86. The summed E-state index contributed by atoms with van der Waals surface area (Å²) in [6, 6.07) is 5.59. The predicted octanol–water partition coefficient (Wildman–Crippen LogP) is 2.55. The fourth-order valence-electron chi connectivity index (χ4n) is 2.80. The first kappa shape index (κ1) is 26.0. The summed E-state index contributed by atoms with van der Waals surface area (Å²) in [5, 5.41) is 11.7. The van der Waals surface area contributed by atoms with Crippen molar-refractivity contribution in [3.05, 3.63) is 36.2 Å². The van der Waals surface area contributed by atoms with Gasteiger partial charge in [0.05, 0.1) is 28.5 Å². The SMILES string of the molecule is CC(c1cn(-c2ccc(S(=O)(=O)F)cc2)nn1)N1CCCNCC1.Cl.Cl.Cl. The Morgan fingerprint density at radius 2 is 1.78 bits per heavy atom. The third-order valence-corrected chi connectivity index (χ3v) is 5.08. The van der Waals surface area contributed by atoms with E-state index in [-0.39, 0.29) is 48.2 Å². The Balaban J connectivity index is 0.00000225. The summed E-state index contributed by atoms with van der Waals surface area (Å²) in [7, 11) is -4.69. The van der Waals surface area contributed by atoms with Gasteiger partial charge in [0, 0.05) is 19.6 Å². The smallest absolute Gasteiger partial charge is 0.315 e. The molecule has 1 aliphatic rings. The van der Waals surface area contributed by atoms with Crippen LogP contribution < -0.4 is 5.32 Å². The first-order chi connectivity index (χ1) is 11.4. The molecule has 7 nitrogen and oxygen atoms in total. The minimum absolute atomic E-state index is 0. The number of aromatic nitrogens is 3. The van der Waals surface area contributed by atoms with Crippen LogP contribution in [0.2, 0.25) is 0 Å². The van der Waals surface area contributed by atoms with E-state index in [0.29, 0.717) is 5.69 Å². The standard InChI is InChI=1S/C15H20FN5O2S.3ClH/c1-12(20-9-2-7-17-8-10-20)15-11-21(19-18-15)13-3-5-14(6-4-13)24(16,22)23;;;/h3-6,11-12,17H,2,7-10H2,1H3;3*1H. The first-order valence-corrected chi connectivity index (χ1v) is 9.25. The van der Waals surface area contributed by atoms with Crippen molar-refractivity contribution >= 4 is 47.4 Å². The Hall–Kier alpha value is -0.970. The topological polar surface area (TPSA) is 80.1 Å². The maximum absolute atomic E-state index is 12.9. The average molecular weight is 463 g/mol. The van der Waals surface area contributed by atoms with Gasteiger partial charge in [-0.2, -0.15) is 8.42 Å². The van der Waals surface area contributed by atoms with Gasteiger partial charge in [0.25, 0.3) is 0 Å². The van der Waals surface area contributed by atoms with Gasteiger partial charge in [0.15, 0.2) is 0 Å². The van der Waals surface area contributed by atoms with Gasteiger partial charge in [0.1, 0.15) is 0 Å². The van der Waals surface area contributed by atoms with E-state index in [4.69, 9.17) is 0 Å². The molecule has 0 spiro atoms. The van der Waals surface area contributed by atoms with Gasteiger partial charge in [-0.15, -0.1) is 46.2 Å². The summed E-state index contributed by atoms with van der Waals surface area (Å²) in [6.07, 6.45) is 2.92. The maximum Gasteiger partial charge on any atom is 0.332 e. The first-order valence-electron chi connectivity index (χ1n) is 7.87. The second-order valence-electron chi connectivity index (χ2n) is 5.84. The molecule has 27 heavy (non-hydrogen) atoms. The van der Waals surface area contributed by atoms with Crippen LogP contribution in [0.1, 0.15) is 25.1 Å². The van der Waals surface area contributed by atoms with Crippen molar-refractivity contribution < 1.29 is 12.3 Å². The number of hydrogen-bond donors (Lipinski definition) is 1. The molecule has 1 unspecified atom stereocenters. The van der Waals surface area contributed by atoms with Gasteiger partial charge in [-0.1, -0.05) is 5.21 Å². The second kappa shape index (κ2) is 11.1. The zero-order valence-corrected chi connectivity index (χ0v) is 17.9. The van der Waals surface area contributed by atoms with Crippen molar-refractivity contribution in [3.8, 4) is 5.69 Å². The molecule has 1 atom stereocenters. The summed E-state index contributed by atoms with van der Waals surface area (Å²) in [4.78, 5) is 1.99. The molecule has 0 bridgehead atoms. The van der Waals surface area contributed by atoms with E-state index in [9.17, 15) is 12.3 Å². The van der Waals surface area contributed by atoms with Gasteiger partial charge in [-0.05, 0) is 44.2 Å². The van der Waals surface area contributed by atoms with Crippen LogP contribution in [0.3, 0.4) is 0 Å². The second-order valence-corrected chi connectivity index (χ2v) is 7.18. The van der Waals surface area contributed by atoms with Gasteiger partial charge in [-0.25, -0.2) is 4.68 Å². The van der Waals surface area contributed by atoms with E-state index in [1.807, 2.05) is 6.20 Å². The number of halogens is 4. The Bertz CT molecular complexity index is 796. The molecule has 0 saturated carbocycles. The van der Waals surface area contributed by atoms with E-state index in [0.717, 1.165) is 38.3 Å². The Kier molecular flexibility index (Phi) is 10.7. The normalized spacial score (nSPS) is 16.2. The Labute approximate surface area is 177 Å². The zero-order chi connectivity index (χ0) is 17.2. The van der Waals surface area contributed by atoms with E-state index in [1.165, 1.54) is 24.3 Å². The van der Waals surface area contributed by atoms with Gasteiger partial charge in [0.2, 0.25) is 0 Å². The third-order valence-electron chi connectivity index (χ3n) is 4.24. The number of nitrogens with one attached hydrogen (secondary N) is 1. The molecule has 3 rings (SSSR count). The van der Waals surface area contributed by atoms with E-state index >= 15 is 0 Å². The fourth-order valence-corrected chi connectivity index (χ4v) is 3.26. The van der Waals surface area contributed by atoms with Crippen LogP contribution in [0.4, 0.5) is 3.89 Å². The van der Waals surface area contributed by atoms with Crippen LogP contribution in [0.15, 0.2) is 35.4 Å². The van der Waals surface area contributed by atoms with Crippen molar-refractivity contribution in [2.45, 2.75) is 24.3 Å². The summed E-state index contributed by atoms with van der Waals surface area (Å²) < 4.78 is 36.2. The lowest BCUT2D eigenvalue weighted by Crippen LogP contribution is -2.31. The largest absolute Gasteiger partial charge is 0.332 e. The van der Waals surface area contributed by atoms with Crippen LogP contribution in [0.25, 0.3) is 5.69 Å². The quantitative estimate of drug-likeness (QED) is 0.703. The van der Waals surface area contributed by atoms with Crippen molar-refractivity contribution in [1.29, 1.82) is 0 Å². The van der Waals surface area contributed by atoms with Crippen molar-refractivity contribution in [2.75, 3.05) is 26.2 Å². The Morgan fingerprint density at radius 1 is 1.11 bits per heavy atom. The molecule has 0 radical (unpaired) electrons. The fraction of sp³-hybridized carbons (Fsp3) is 0.467. The molecule has 1 aliphatic heterocycles. The number of hydrogen-bond acceptors (Lipinski definition) is 6. The summed E-state index contributed by atoms with van der Waals surface area (Å²) in [6.45, 7) is 6.04. The van der Waals surface area contributed by atoms with Gasteiger partial charge in [-0.3, -0.25) is 4.90 Å². The number of nitrogens with zero attached hydrogens (tertiary/aromatic N) is 4. The minimum Gasteiger partial charge on any atom is -0.315 e.